The zero-order chi connectivity index (χ0) is 15.1. The SMILES string of the molecule is Cc1cc(B2OC(C)(C)C(C)(C)O2)ccc1C[SH](=O)=O. The van der Waals surface area contributed by atoms with E-state index in [4.69, 9.17) is 9.31 Å². The maximum absolute atomic E-state index is 10.8. The third kappa shape index (κ3) is 2.92. The van der Waals surface area contributed by atoms with E-state index < -0.39 is 17.8 Å². The lowest BCUT2D eigenvalue weighted by Crippen LogP contribution is -2.41. The molecule has 0 saturated carbocycles. The van der Waals surface area contributed by atoms with Crippen LogP contribution >= 0.6 is 0 Å². The molecule has 0 N–H and O–H groups in total. The highest BCUT2D eigenvalue weighted by Crippen LogP contribution is 2.36. The Kier molecular flexibility index (Phi) is 4.02. The van der Waals surface area contributed by atoms with Crippen molar-refractivity contribution in [1.29, 1.82) is 0 Å². The summed E-state index contributed by atoms with van der Waals surface area (Å²) in [6, 6.07) is 5.65. The highest BCUT2D eigenvalue weighted by molar-refractivity contribution is 7.71. The van der Waals surface area contributed by atoms with Crippen LogP contribution in [0.5, 0.6) is 0 Å². The lowest BCUT2D eigenvalue weighted by atomic mass is 9.78. The van der Waals surface area contributed by atoms with Crippen LogP contribution in [0.4, 0.5) is 0 Å². The van der Waals surface area contributed by atoms with Crippen molar-refractivity contribution in [3.8, 4) is 0 Å². The molecule has 1 heterocycles. The van der Waals surface area contributed by atoms with Gasteiger partial charge in [0, 0.05) is 0 Å². The molecule has 0 aliphatic carbocycles. The molecule has 1 aliphatic rings. The van der Waals surface area contributed by atoms with Gasteiger partial charge in [0.25, 0.3) is 0 Å². The normalized spacial score (nSPS) is 20.6. The van der Waals surface area contributed by atoms with Crippen LogP contribution in [0.2, 0.25) is 0 Å². The van der Waals surface area contributed by atoms with Crippen LogP contribution in [0.1, 0.15) is 38.8 Å². The largest absolute Gasteiger partial charge is 0.494 e. The number of benzene rings is 1. The smallest absolute Gasteiger partial charge is 0.399 e. The van der Waals surface area contributed by atoms with Gasteiger partial charge in [0.2, 0.25) is 0 Å². The average molecular weight is 296 g/mol. The number of hydrogen-bond donors (Lipinski definition) is 1. The second kappa shape index (κ2) is 5.17. The van der Waals surface area contributed by atoms with Gasteiger partial charge in [-0.15, -0.1) is 0 Å². The molecule has 1 aliphatic heterocycles. The van der Waals surface area contributed by atoms with Gasteiger partial charge in [-0.1, -0.05) is 18.2 Å². The van der Waals surface area contributed by atoms with Crippen LogP contribution in [0.3, 0.4) is 0 Å². The Morgan fingerprint density at radius 1 is 1.10 bits per heavy atom. The minimum Gasteiger partial charge on any atom is -0.399 e. The van der Waals surface area contributed by atoms with Crippen molar-refractivity contribution in [2.24, 2.45) is 0 Å². The van der Waals surface area contributed by atoms with E-state index in [9.17, 15) is 8.42 Å². The van der Waals surface area contributed by atoms with Gasteiger partial charge in [0.15, 0.2) is 0 Å². The van der Waals surface area contributed by atoms with Crippen molar-refractivity contribution in [3.63, 3.8) is 0 Å². The van der Waals surface area contributed by atoms with Gasteiger partial charge in [0.1, 0.15) is 10.7 Å². The van der Waals surface area contributed by atoms with Crippen molar-refractivity contribution in [2.75, 3.05) is 0 Å². The summed E-state index contributed by atoms with van der Waals surface area (Å²) < 4.78 is 33.6. The van der Waals surface area contributed by atoms with Gasteiger partial charge >= 0.3 is 7.12 Å². The molecule has 0 amide bonds. The van der Waals surface area contributed by atoms with Crippen LogP contribution in [0, 0.1) is 6.92 Å². The number of hydrogen-bond acceptors (Lipinski definition) is 4. The fourth-order valence-corrected chi connectivity index (χ4v) is 2.79. The Balaban J connectivity index is 2.26. The molecule has 110 valence electrons. The molecule has 0 unspecified atom stereocenters. The molecule has 2 rings (SSSR count). The zero-order valence-electron chi connectivity index (χ0n) is 12.6. The molecule has 1 saturated heterocycles. The molecule has 0 bridgehead atoms. The summed E-state index contributed by atoms with van der Waals surface area (Å²) in [6.07, 6.45) is 0. The van der Waals surface area contributed by atoms with Crippen LogP contribution in [0.15, 0.2) is 18.2 Å². The van der Waals surface area contributed by atoms with Gasteiger partial charge < -0.3 is 9.31 Å². The van der Waals surface area contributed by atoms with Gasteiger partial charge in [-0.3, -0.25) is 0 Å². The minimum atomic E-state index is -2.41. The van der Waals surface area contributed by atoms with Gasteiger partial charge in [-0.05, 0) is 51.2 Å². The standard InChI is InChI=1S/C14H21BO4S/c1-10-8-12(7-6-11(10)9-20(16)17)15-18-13(2,3)14(4,5)19-15/h6-8,20H,9H2,1-5H3. The quantitative estimate of drug-likeness (QED) is 0.677. The van der Waals surface area contributed by atoms with E-state index >= 15 is 0 Å². The highest BCUT2D eigenvalue weighted by Gasteiger charge is 2.51. The lowest BCUT2D eigenvalue weighted by molar-refractivity contribution is 0.00578. The summed E-state index contributed by atoms with van der Waals surface area (Å²) in [4.78, 5) is 0. The maximum Gasteiger partial charge on any atom is 0.494 e. The number of aryl methyl sites for hydroxylation is 1. The lowest BCUT2D eigenvalue weighted by Gasteiger charge is -2.32. The van der Waals surface area contributed by atoms with Crippen molar-refractivity contribution >= 4 is 23.3 Å². The summed E-state index contributed by atoms with van der Waals surface area (Å²) in [5, 5.41) is 0. The van der Waals surface area contributed by atoms with E-state index in [-0.39, 0.29) is 17.0 Å². The first-order valence-corrected chi connectivity index (χ1v) is 8.05. The molecule has 1 fully saturated rings. The summed E-state index contributed by atoms with van der Waals surface area (Å²) in [7, 11) is -2.81. The molecule has 1 aromatic carbocycles. The molecule has 0 spiro atoms. The van der Waals surface area contributed by atoms with E-state index in [1.807, 2.05) is 52.8 Å². The van der Waals surface area contributed by atoms with E-state index in [0.717, 1.165) is 16.6 Å². The first-order valence-electron chi connectivity index (χ1n) is 6.69. The Hall–Kier alpha value is -0.845. The highest BCUT2D eigenvalue weighted by atomic mass is 32.2. The monoisotopic (exact) mass is 296 g/mol. The van der Waals surface area contributed by atoms with Crippen LogP contribution in [-0.4, -0.2) is 26.7 Å². The molecule has 1 aromatic rings. The average Bonchev–Trinajstić information content (AvgIpc) is 2.50. The summed E-state index contributed by atoms with van der Waals surface area (Å²) in [5.74, 6) is 0.0742. The molecule has 0 atom stereocenters. The fourth-order valence-electron chi connectivity index (χ4n) is 2.16. The van der Waals surface area contributed by atoms with Gasteiger partial charge in [-0.25, -0.2) is 8.42 Å². The fraction of sp³-hybridized carbons (Fsp3) is 0.571. The summed E-state index contributed by atoms with van der Waals surface area (Å²) in [6.45, 7) is 9.95. The van der Waals surface area contributed by atoms with Crippen LogP contribution < -0.4 is 5.46 Å². The first-order chi connectivity index (χ1) is 9.12. The second-order valence-electron chi connectivity index (χ2n) is 6.27. The van der Waals surface area contributed by atoms with Crippen molar-refractivity contribution in [1.82, 2.24) is 0 Å². The Morgan fingerprint density at radius 2 is 1.65 bits per heavy atom. The van der Waals surface area contributed by atoms with Gasteiger partial charge in [0.05, 0.1) is 17.0 Å². The molecule has 20 heavy (non-hydrogen) atoms. The maximum atomic E-state index is 10.8. The van der Waals surface area contributed by atoms with Crippen LogP contribution in [0.25, 0.3) is 0 Å². The van der Waals surface area contributed by atoms with E-state index in [1.54, 1.807) is 0 Å². The van der Waals surface area contributed by atoms with Gasteiger partial charge in [-0.2, -0.15) is 0 Å². The molecule has 0 aromatic heterocycles. The summed E-state index contributed by atoms with van der Waals surface area (Å²) in [5.41, 5.74) is 1.94. The molecule has 6 heteroatoms. The summed E-state index contributed by atoms with van der Waals surface area (Å²) >= 11 is 0. The predicted molar refractivity (Wildman–Crippen MR) is 80.9 cm³/mol. The third-order valence-electron chi connectivity index (χ3n) is 4.19. The molecular weight excluding hydrogens is 275 g/mol. The molecular formula is C14H21BO4S. The van der Waals surface area contributed by atoms with Crippen molar-refractivity contribution in [2.45, 2.75) is 51.6 Å². The third-order valence-corrected chi connectivity index (χ3v) is 4.79. The Labute approximate surface area is 122 Å². The molecule has 0 radical (unpaired) electrons. The number of rotatable bonds is 3. The predicted octanol–water partition coefficient (Wildman–Crippen LogP) is 1.41. The topological polar surface area (TPSA) is 52.6 Å². The first kappa shape index (κ1) is 15.5. The van der Waals surface area contributed by atoms with Crippen molar-refractivity contribution < 1.29 is 17.7 Å². The van der Waals surface area contributed by atoms with E-state index in [2.05, 4.69) is 0 Å². The minimum absolute atomic E-state index is 0.0742. The number of thiol groups is 1. The zero-order valence-corrected chi connectivity index (χ0v) is 13.5. The Bertz CT molecular complexity index is 569. The van der Waals surface area contributed by atoms with E-state index in [1.165, 1.54) is 0 Å². The van der Waals surface area contributed by atoms with E-state index in [0.29, 0.717) is 0 Å². The molecule has 4 nitrogen and oxygen atoms in total. The second-order valence-corrected chi connectivity index (χ2v) is 7.25. The Morgan fingerprint density at radius 3 is 2.10 bits per heavy atom. The van der Waals surface area contributed by atoms with Crippen molar-refractivity contribution in [3.05, 3.63) is 29.3 Å². The van der Waals surface area contributed by atoms with Crippen LogP contribution in [-0.2, 0) is 25.8 Å².